The molecule has 7 rings (SSSR count). The third kappa shape index (κ3) is 2.16. The number of hydrogen-bond acceptors (Lipinski definition) is 9. The number of nitrogens with zero attached hydrogens (tertiary/aromatic N) is 1. The molecule has 3 spiro atoms. The van der Waals surface area contributed by atoms with Gasteiger partial charge in [-0.15, -0.1) is 0 Å². The molecule has 0 radical (unpaired) electrons. The molecule has 36 heavy (non-hydrogen) atoms. The van der Waals surface area contributed by atoms with Crippen molar-refractivity contribution < 1.29 is 38.3 Å². The Balaban J connectivity index is 1.61. The highest BCUT2D eigenvalue weighted by Crippen LogP contribution is 2.83. The molecule has 0 aromatic heterocycles. The minimum absolute atomic E-state index is 0.0317. The largest absolute Gasteiger partial charge is 0.459 e. The lowest BCUT2D eigenvalue weighted by atomic mass is 9.41. The van der Waals surface area contributed by atoms with Crippen molar-refractivity contribution >= 4 is 5.97 Å². The van der Waals surface area contributed by atoms with Crippen molar-refractivity contribution in [1.29, 1.82) is 0 Å². The second-order valence-corrected chi connectivity index (χ2v) is 12.9. The number of piperidine rings is 1. The summed E-state index contributed by atoms with van der Waals surface area (Å²) in [5.74, 6) is -0.771. The van der Waals surface area contributed by atoms with Crippen LogP contribution in [0.5, 0.6) is 0 Å². The Morgan fingerprint density at radius 2 is 1.89 bits per heavy atom. The van der Waals surface area contributed by atoms with E-state index >= 15 is 0 Å². The van der Waals surface area contributed by atoms with E-state index in [1.807, 2.05) is 0 Å². The molecular weight excluding hydrogens is 466 g/mol. The number of aliphatic hydroxyl groups is 1. The quantitative estimate of drug-likeness (QED) is 0.553. The van der Waals surface area contributed by atoms with Crippen LogP contribution in [0.4, 0.5) is 0 Å². The number of esters is 1. The van der Waals surface area contributed by atoms with E-state index in [9.17, 15) is 9.90 Å². The predicted octanol–water partition coefficient (Wildman–Crippen LogP) is 1.35. The second-order valence-electron chi connectivity index (χ2n) is 12.9. The van der Waals surface area contributed by atoms with Gasteiger partial charge in [0.25, 0.3) is 0 Å². The minimum Gasteiger partial charge on any atom is -0.459 e. The fourth-order valence-electron chi connectivity index (χ4n) is 11.7. The van der Waals surface area contributed by atoms with Gasteiger partial charge in [0.2, 0.25) is 0 Å². The van der Waals surface area contributed by atoms with E-state index in [1.165, 1.54) is 6.92 Å². The fraction of sp³-hybridized carbons (Fsp3) is 0.963. The minimum atomic E-state index is -1.16. The van der Waals surface area contributed by atoms with Gasteiger partial charge in [-0.1, -0.05) is 13.8 Å². The van der Waals surface area contributed by atoms with Gasteiger partial charge in [-0.3, -0.25) is 9.69 Å². The molecule has 2 aliphatic heterocycles. The first kappa shape index (κ1) is 24.2. The molecule has 5 saturated carbocycles. The third-order valence-electron chi connectivity index (χ3n) is 12.2. The molecule has 2 heterocycles. The van der Waals surface area contributed by atoms with Gasteiger partial charge in [-0.05, 0) is 31.2 Å². The third-order valence-corrected chi connectivity index (χ3v) is 12.2. The molecule has 0 aromatic carbocycles. The molecule has 7 fully saturated rings. The lowest BCUT2D eigenvalue weighted by Gasteiger charge is -2.71. The predicted molar refractivity (Wildman–Crippen MR) is 126 cm³/mol. The van der Waals surface area contributed by atoms with Crippen LogP contribution in [0.1, 0.15) is 46.5 Å². The molecule has 13 atom stereocenters. The number of carbonyl (C=O) groups excluding carboxylic acids is 1. The van der Waals surface area contributed by atoms with Crippen LogP contribution in [0.3, 0.4) is 0 Å². The summed E-state index contributed by atoms with van der Waals surface area (Å²) >= 11 is 0. The van der Waals surface area contributed by atoms with Crippen molar-refractivity contribution in [3.8, 4) is 0 Å². The van der Waals surface area contributed by atoms with Crippen LogP contribution in [-0.4, -0.2) is 104 Å². The summed E-state index contributed by atoms with van der Waals surface area (Å²) in [5.41, 5.74) is -3.94. The summed E-state index contributed by atoms with van der Waals surface area (Å²) in [5, 5.41) is 13.4. The molecule has 1 N–H and O–H groups in total. The lowest BCUT2D eigenvalue weighted by molar-refractivity contribution is -0.332. The van der Waals surface area contributed by atoms with E-state index in [0.29, 0.717) is 12.8 Å². The first-order valence-electron chi connectivity index (χ1n) is 13.7. The van der Waals surface area contributed by atoms with Crippen molar-refractivity contribution in [2.24, 2.45) is 28.6 Å². The van der Waals surface area contributed by atoms with Crippen LogP contribution in [0, 0.1) is 28.6 Å². The molecule has 7 aliphatic rings. The maximum absolute atomic E-state index is 13.4. The van der Waals surface area contributed by atoms with E-state index in [1.54, 1.807) is 21.3 Å². The number of methoxy groups -OCH3 is 3. The zero-order chi connectivity index (χ0) is 25.5. The monoisotopic (exact) mass is 507 g/mol. The molecule has 202 valence electrons. The van der Waals surface area contributed by atoms with Crippen molar-refractivity contribution in [1.82, 2.24) is 4.90 Å². The van der Waals surface area contributed by atoms with Gasteiger partial charge in [0, 0.05) is 59.0 Å². The molecule has 9 heteroatoms. The number of carbonyl (C=O) groups is 1. The van der Waals surface area contributed by atoms with E-state index < -0.39 is 28.3 Å². The number of likely N-dealkylation sites (tertiary alicyclic amines) is 1. The zero-order valence-electron chi connectivity index (χ0n) is 22.3. The summed E-state index contributed by atoms with van der Waals surface area (Å²) in [7, 11) is 5.23. The number of rotatable bonds is 5. The van der Waals surface area contributed by atoms with Gasteiger partial charge in [-0.25, -0.2) is 0 Å². The average Bonchev–Trinajstić information content (AvgIpc) is 3.40. The Bertz CT molecular complexity index is 979. The summed E-state index contributed by atoms with van der Waals surface area (Å²) in [6, 6.07) is -0.224. The van der Waals surface area contributed by atoms with Crippen molar-refractivity contribution in [3.05, 3.63) is 0 Å². The Hall–Kier alpha value is -0.810. The fourth-order valence-corrected chi connectivity index (χ4v) is 11.7. The highest BCUT2D eigenvalue weighted by Gasteiger charge is 2.97. The van der Waals surface area contributed by atoms with Crippen LogP contribution < -0.4 is 0 Å². The smallest absolute Gasteiger partial charge is 0.303 e. The molecule has 2 unspecified atom stereocenters. The molecule has 0 aromatic rings. The van der Waals surface area contributed by atoms with Gasteiger partial charge in [-0.2, -0.15) is 0 Å². The Morgan fingerprint density at radius 3 is 2.53 bits per heavy atom. The van der Waals surface area contributed by atoms with Crippen LogP contribution >= 0.6 is 0 Å². The van der Waals surface area contributed by atoms with E-state index in [-0.39, 0.29) is 60.3 Å². The SMILES string of the molecule is CCN1C[C@]2(C)CC[C@H](OC)[C@]34C2[C@H](OC(C)=O)[C@]2(OCO[C@@]25C[C@H](OC)[C@H]2C[C@]3(O)C5[C@H]2OC)[C@@H]14. The Labute approximate surface area is 213 Å². The van der Waals surface area contributed by atoms with Crippen LogP contribution in [0.2, 0.25) is 0 Å². The normalized spacial score (nSPS) is 60.2. The number of ether oxygens (including phenoxy) is 6. The van der Waals surface area contributed by atoms with Gasteiger partial charge in [0.15, 0.2) is 5.60 Å². The summed E-state index contributed by atoms with van der Waals surface area (Å²) in [4.78, 5) is 15.3. The maximum atomic E-state index is 13.4. The van der Waals surface area contributed by atoms with Crippen LogP contribution in [-0.2, 0) is 33.2 Å². The number of likely N-dealkylation sites (N-methyl/N-ethyl adjacent to an activating group) is 1. The van der Waals surface area contributed by atoms with Gasteiger partial charge < -0.3 is 33.5 Å². The first-order chi connectivity index (χ1) is 17.2. The molecule has 5 aliphatic carbocycles. The topological polar surface area (TPSA) is 95.9 Å². The number of hydrogen-bond donors (Lipinski definition) is 1. The van der Waals surface area contributed by atoms with Gasteiger partial charge >= 0.3 is 5.97 Å². The number of fused-ring (bicyclic) bond motifs is 1. The highest BCUT2D eigenvalue weighted by atomic mass is 16.7. The molecule has 0 amide bonds. The first-order valence-corrected chi connectivity index (χ1v) is 13.7. The Kier molecular flexibility index (Phi) is 4.87. The molecule has 7 bridgehead atoms. The standard InChI is InChI=1S/C27H41NO8/c1-7-28-12-23(3)9-8-17(32-5)26-20(23)21(36-14(2)29)27(22(26)28)25(34-13-35-27)11-16(31-4)15-10-24(26,30)19(25)18(15)33-6/h15-22,30H,7-13H2,1-6H3/t15-,16+,17+,18+,19?,20?,21+,22+,23+,24+,25-,26-,27+/m1/s1. The van der Waals surface area contributed by atoms with Crippen molar-refractivity contribution in [2.45, 2.75) is 93.7 Å². The highest BCUT2D eigenvalue weighted by molar-refractivity contribution is 5.67. The molecule has 2 saturated heterocycles. The van der Waals surface area contributed by atoms with E-state index in [0.717, 1.165) is 25.9 Å². The molecule has 9 nitrogen and oxygen atoms in total. The van der Waals surface area contributed by atoms with Crippen LogP contribution in [0.15, 0.2) is 0 Å². The lowest BCUT2D eigenvalue weighted by Crippen LogP contribution is -2.85. The van der Waals surface area contributed by atoms with Crippen molar-refractivity contribution in [2.75, 3.05) is 41.2 Å². The maximum Gasteiger partial charge on any atom is 0.303 e. The summed E-state index contributed by atoms with van der Waals surface area (Å²) in [6.07, 6.45) is 1.69. The Morgan fingerprint density at radius 1 is 1.11 bits per heavy atom. The second kappa shape index (κ2) is 7.23. The average molecular weight is 508 g/mol. The molecular formula is C27H41NO8. The summed E-state index contributed by atoms with van der Waals surface area (Å²) < 4.78 is 38.7. The zero-order valence-corrected chi connectivity index (χ0v) is 22.3. The summed E-state index contributed by atoms with van der Waals surface area (Å²) in [6.45, 7) is 7.72. The van der Waals surface area contributed by atoms with Crippen molar-refractivity contribution in [3.63, 3.8) is 0 Å². The van der Waals surface area contributed by atoms with E-state index in [2.05, 4.69) is 18.7 Å². The van der Waals surface area contributed by atoms with E-state index in [4.69, 9.17) is 28.4 Å². The van der Waals surface area contributed by atoms with Gasteiger partial charge in [0.1, 0.15) is 18.5 Å². The van der Waals surface area contributed by atoms with Gasteiger partial charge in [0.05, 0.1) is 35.4 Å². The van der Waals surface area contributed by atoms with Crippen LogP contribution in [0.25, 0.3) is 0 Å².